The third-order valence-electron chi connectivity index (χ3n) is 3.65. The Labute approximate surface area is 134 Å². The van der Waals surface area contributed by atoms with Crippen LogP contribution in [-0.2, 0) is 6.42 Å². The minimum atomic E-state index is 0.249. The van der Waals surface area contributed by atoms with Crippen LogP contribution in [0.3, 0.4) is 0 Å². The third kappa shape index (κ3) is 3.83. The molecule has 1 aromatic heterocycles. The first-order valence-corrected chi connectivity index (χ1v) is 7.78. The first-order valence-electron chi connectivity index (χ1n) is 6.99. The predicted octanol–water partition coefficient (Wildman–Crippen LogP) is 3.97. The lowest BCUT2D eigenvalue weighted by Gasteiger charge is -2.19. The van der Waals surface area contributed by atoms with Gasteiger partial charge in [-0.15, -0.1) is 0 Å². The highest BCUT2D eigenvalue weighted by molar-refractivity contribution is 9.10. The molecule has 1 heterocycles. The van der Waals surface area contributed by atoms with Crippen LogP contribution in [0.4, 0.5) is 0 Å². The molecule has 2 rings (SSSR count). The van der Waals surface area contributed by atoms with Crippen molar-refractivity contribution in [3.05, 3.63) is 57.3 Å². The summed E-state index contributed by atoms with van der Waals surface area (Å²) in [5.74, 6) is 0.855. The molecule has 1 unspecified atom stereocenters. The normalized spacial score (nSPS) is 12.2. The Balaban J connectivity index is 2.24. The van der Waals surface area contributed by atoms with Crippen molar-refractivity contribution in [1.82, 2.24) is 10.3 Å². The number of ether oxygens (including phenoxy) is 1. The maximum atomic E-state index is 5.28. The van der Waals surface area contributed by atoms with Gasteiger partial charge < -0.3 is 10.1 Å². The molecule has 0 bridgehead atoms. The summed E-state index contributed by atoms with van der Waals surface area (Å²) in [5, 5.41) is 3.39. The van der Waals surface area contributed by atoms with Crippen molar-refractivity contribution < 1.29 is 4.74 Å². The van der Waals surface area contributed by atoms with Gasteiger partial charge in [-0.2, -0.15) is 0 Å². The average molecular weight is 349 g/mol. The van der Waals surface area contributed by atoms with E-state index in [9.17, 15) is 0 Å². The van der Waals surface area contributed by atoms with E-state index in [1.54, 1.807) is 7.11 Å². The summed E-state index contributed by atoms with van der Waals surface area (Å²) in [4.78, 5) is 4.56. The number of benzene rings is 1. The van der Waals surface area contributed by atoms with Gasteiger partial charge in [-0.05, 0) is 72.6 Å². The fraction of sp³-hybridized carbons (Fsp3) is 0.353. The number of aryl methyl sites for hydroxylation is 2. The molecule has 112 valence electrons. The predicted molar refractivity (Wildman–Crippen MR) is 89.9 cm³/mol. The number of hydrogen-bond donors (Lipinski definition) is 1. The highest BCUT2D eigenvalue weighted by Gasteiger charge is 2.14. The fourth-order valence-electron chi connectivity index (χ4n) is 2.51. The van der Waals surface area contributed by atoms with Gasteiger partial charge in [-0.1, -0.05) is 12.1 Å². The van der Waals surface area contributed by atoms with Gasteiger partial charge in [-0.3, -0.25) is 4.98 Å². The molecule has 1 aromatic carbocycles. The molecule has 0 radical (unpaired) electrons. The summed E-state index contributed by atoms with van der Waals surface area (Å²) in [7, 11) is 3.67. The van der Waals surface area contributed by atoms with Crippen LogP contribution in [0.15, 0.2) is 34.8 Å². The summed E-state index contributed by atoms with van der Waals surface area (Å²) >= 11 is 3.54. The molecule has 0 aliphatic carbocycles. The Morgan fingerprint density at radius 1 is 1.24 bits per heavy atom. The van der Waals surface area contributed by atoms with Crippen LogP contribution in [0.5, 0.6) is 5.75 Å². The average Bonchev–Trinajstić information content (AvgIpc) is 2.45. The van der Waals surface area contributed by atoms with Gasteiger partial charge >= 0.3 is 0 Å². The van der Waals surface area contributed by atoms with Crippen molar-refractivity contribution >= 4 is 15.9 Å². The largest absolute Gasteiger partial charge is 0.496 e. The molecule has 1 N–H and O–H groups in total. The molecule has 3 nitrogen and oxygen atoms in total. The van der Waals surface area contributed by atoms with Gasteiger partial charge in [0.2, 0.25) is 0 Å². The van der Waals surface area contributed by atoms with Crippen molar-refractivity contribution in [3.63, 3.8) is 0 Å². The number of pyridine rings is 1. The van der Waals surface area contributed by atoms with Crippen LogP contribution >= 0.6 is 15.9 Å². The molecular formula is C17H21BrN2O. The second-order valence-electron chi connectivity index (χ2n) is 5.14. The maximum absolute atomic E-state index is 5.28. The SMILES string of the molecule is CNC(Cc1ccc(OC)c(Br)c1)c1ccc(C)nc1C. The fourth-order valence-corrected chi connectivity index (χ4v) is 3.09. The first kappa shape index (κ1) is 16.0. The molecule has 21 heavy (non-hydrogen) atoms. The number of nitrogens with one attached hydrogen (secondary N) is 1. The summed E-state index contributed by atoms with van der Waals surface area (Å²) < 4.78 is 6.26. The van der Waals surface area contributed by atoms with E-state index in [1.807, 2.05) is 20.0 Å². The summed E-state index contributed by atoms with van der Waals surface area (Å²) in [6, 6.07) is 10.7. The van der Waals surface area contributed by atoms with Crippen molar-refractivity contribution in [2.24, 2.45) is 0 Å². The second kappa shape index (κ2) is 7.05. The Bertz CT molecular complexity index is 628. The van der Waals surface area contributed by atoms with Crippen LogP contribution in [0.25, 0.3) is 0 Å². The lowest BCUT2D eigenvalue weighted by molar-refractivity contribution is 0.412. The lowest BCUT2D eigenvalue weighted by atomic mass is 9.97. The molecule has 0 amide bonds. The molecular weight excluding hydrogens is 328 g/mol. The summed E-state index contributed by atoms with van der Waals surface area (Å²) in [6.45, 7) is 4.09. The Hall–Kier alpha value is -1.39. The van der Waals surface area contributed by atoms with Crippen molar-refractivity contribution in [3.8, 4) is 5.75 Å². The molecule has 0 aliphatic rings. The maximum Gasteiger partial charge on any atom is 0.133 e. The standard InChI is InChI=1S/C17H21BrN2O/c1-11-5-7-14(12(2)20-11)16(19-3)10-13-6-8-17(21-4)15(18)9-13/h5-9,16,19H,10H2,1-4H3. The molecule has 0 saturated heterocycles. The minimum absolute atomic E-state index is 0.249. The zero-order valence-electron chi connectivity index (χ0n) is 12.9. The van der Waals surface area contributed by atoms with Crippen molar-refractivity contribution in [2.75, 3.05) is 14.2 Å². The number of nitrogens with zero attached hydrogens (tertiary/aromatic N) is 1. The first-order chi connectivity index (χ1) is 10.0. The molecule has 2 aromatic rings. The van der Waals surface area contributed by atoms with Crippen LogP contribution in [0.1, 0.15) is 28.6 Å². The van der Waals surface area contributed by atoms with E-state index in [-0.39, 0.29) is 6.04 Å². The van der Waals surface area contributed by atoms with E-state index in [2.05, 4.69) is 57.4 Å². The third-order valence-corrected chi connectivity index (χ3v) is 4.27. The molecule has 1 atom stereocenters. The molecule has 0 fully saturated rings. The smallest absolute Gasteiger partial charge is 0.133 e. The van der Waals surface area contributed by atoms with Gasteiger partial charge in [0.1, 0.15) is 5.75 Å². The second-order valence-corrected chi connectivity index (χ2v) is 6.00. The van der Waals surface area contributed by atoms with Gasteiger partial charge in [0, 0.05) is 17.4 Å². The monoisotopic (exact) mass is 348 g/mol. The van der Waals surface area contributed by atoms with Crippen molar-refractivity contribution in [2.45, 2.75) is 26.3 Å². The lowest BCUT2D eigenvalue weighted by Crippen LogP contribution is -2.20. The number of halogens is 1. The van der Waals surface area contributed by atoms with Gasteiger partial charge in [-0.25, -0.2) is 0 Å². The van der Waals surface area contributed by atoms with Crippen LogP contribution < -0.4 is 10.1 Å². The van der Waals surface area contributed by atoms with Crippen LogP contribution in [0.2, 0.25) is 0 Å². The molecule has 0 saturated carbocycles. The van der Waals surface area contributed by atoms with E-state index in [0.717, 1.165) is 28.0 Å². The minimum Gasteiger partial charge on any atom is -0.496 e. The summed E-state index contributed by atoms with van der Waals surface area (Å²) in [5.41, 5.74) is 4.64. The number of methoxy groups -OCH3 is 1. The van der Waals surface area contributed by atoms with Crippen LogP contribution in [0, 0.1) is 13.8 Å². The van der Waals surface area contributed by atoms with E-state index in [4.69, 9.17) is 4.74 Å². The Morgan fingerprint density at radius 2 is 2.00 bits per heavy atom. The highest BCUT2D eigenvalue weighted by atomic mass is 79.9. The van der Waals surface area contributed by atoms with Gasteiger partial charge in [0.25, 0.3) is 0 Å². The quantitative estimate of drug-likeness (QED) is 0.887. The molecule has 4 heteroatoms. The zero-order valence-corrected chi connectivity index (χ0v) is 14.5. The number of aromatic nitrogens is 1. The van der Waals surface area contributed by atoms with Gasteiger partial charge in [0.05, 0.1) is 11.6 Å². The number of likely N-dealkylation sites (N-methyl/N-ethyl adjacent to an activating group) is 1. The highest BCUT2D eigenvalue weighted by Crippen LogP contribution is 2.28. The Morgan fingerprint density at radius 3 is 2.57 bits per heavy atom. The van der Waals surface area contributed by atoms with E-state index < -0.39 is 0 Å². The van der Waals surface area contributed by atoms with E-state index in [0.29, 0.717) is 0 Å². The number of hydrogen-bond acceptors (Lipinski definition) is 3. The van der Waals surface area contributed by atoms with E-state index in [1.165, 1.54) is 11.1 Å². The Kier molecular flexibility index (Phi) is 5.37. The van der Waals surface area contributed by atoms with Gasteiger partial charge in [0.15, 0.2) is 0 Å². The molecule has 0 spiro atoms. The van der Waals surface area contributed by atoms with E-state index >= 15 is 0 Å². The zero-order chi connectivity index (χ0) is 15.4. The number of rotatable bonds is 5. The topological polar surface area (TPSA) is 34.1 Å². The molecule has 0 aliphatic heterocycles. The van der Waals surface area contributed by atoms with Crippen LogP contribution in [-0.4, -0.2) is 19.1 Å². The van der Waals surface area contributed by atoms with Crippen molar-refractivity contribution in [1.29, 1.82) is 0 Å². The summed E-state index contributed by atoms with van der Waals surface area (Å²) in [6.07, 6.45) is 0.907.